The Balaban J connectivity index is 1.53. The van der Waals surface area contributed by atoms with E-state index < -0.39 is 5.60 Å². The Morgan fingerprint density at radius 1 is 1.30 bits per heavy atom. The maximum atomic E-state index is 12.5. The fourth-order valence-corrected chi connectivity index (χ4v) is 4.58. The number of hydrogen-bond acceptors (Lipinski definition) is 4. The van der Waals surface area contributed by atoms with Crippen LogP contribution in [0, 0.1) is 0 Å². The minimum absolute atomic E-state index is 0.151. The molecule has 2 heterocycles. The van der Waals surface area contributed by atoms with Crippen LogP contribution in [0.5, 0.6) is 0 Å². The van der Waals surface area contributed by atoms with Gasteiger partial charge >= 0.3 is 0 Å². The van der Waals surface area contributed by atoms with E-state index in [0.717, 1.165) is 44.0 Å². The molecule has 0 spiro atoms. The van der Waals surface area contributed by atoms with Gasteiger partial charge in [-0.15, -0.1) is 0 Å². The van der Waals surface area contributed by atoms with E-state index >= 15 is 0 Å². The monoisotopic (exact) mass is 334 g/mol. The van der Waals surface area contributed by atoms with Gasteiger partial charge in [-0.3, -0.25) is 9.69 Å². The summed E-state index contributed by atoms with van der Waals surface area (Å²) in [5.41, 5.74) is 0.162. The van der Waals surface area contributed by atoms with Crippen LogP contribution < -0.4 is 5.32 Å². The molecule has 1 amide bonds. The quantitative estimate of drug-likeness (QED) is 0.885. The minimum atomic E-state index is -1.15. The fourth-order valence-electron chi connectivity index (χ4n) is 3.41. The Labute approximate surface area is 142 Å². The summed E-state index contributed by atoms with van der Waals surface area (Å²) in [6.45, 7) is 2.86. The topological polar surface area (TPSA) is 52.6 Å². The summed E-state index contributed by atoms with van der Waals surface area (Å²) < 4.78 is 0. The molecule has 2 fully saturated rings. The highest BCUT2D eigenvalue weighted by Crippen LogP contribution is 2.27. The summed E-state index contributed by atoms with van der Waals surface area (Å²) in [6, 6.07) is 10.6. The van der Waals surface area contributed by atoms with Gasteiger partial charge in [-0.2, -0.15) is 11.8 Å². The highest BCUT2D eigenvalue weighted by atomic mass is 32.2. The van der Waals surface area contributed by atoms with Crippen LogP contribution in [0.3, 0.4) is 0 Å². The molecule has 0 aromatic heterocycles. The highest BCUT2D eigenvalue weighted by molar-refractivity contribution is 7.99. The van der Waals surface area contributed by atoms with Gasteiger partial charge < -0.3 is 10.4 Å². The van der Waals surface area contributed by atoms with Crippen molar-refractivity contribution in [3.05, 3.63) is 35.9 Å². The van der Waals surface area contributed by atoms with Crippen LogP contribution >= 0.6 is 11.8 Å². The molecule has 3 rings (SSSR count). The molecule has 1 aromatic carbocycles. The van der Waals surface area contributed by atoms with Gasteiger partial charge in [0.15, 0.2) is 0 Å². The van der Waals surface area contributed by atoms with Crippen molar-refractivity contribution in [2.75, 3.05) is 24.6 Å². The normalized spacial score (nSPS) is 25.0. The number of likely N-dealkylation sites (tertiary alicyclic amines) is 1. The number of nitrogens with zero attached hydrogens (tertiary/aromatic N) is 1. The average Bonchev–Trinajstić information content (AvgIpc) is 2.57. The molecule has 2 aliphatic rings. The average molecular weight is 334 g/mol. The second kappa shape index (κ2) is 7.69. The Bertz CT molecular complexity index is 517. The van der Waals surface area contributed by atoms with Gasteiger partial charge in [0.2, 0.25) is 0 Å². The molecule has 4 nitrogen and oxygen atoms in total. The summed E-state index contributed by atoms with van der Waals surface area (Å²) in [4.78, 5) is 14.9. The molecule has 5 heteroatoms. The number of amides is 1. The van der Waals surface area contributed by atoms with E-state index in [1.807, 2.05) is 17.8 Å². The first-order valence-electron chi connectivity index (χ1n) is 8.53. The first-order chi connectivity index (χ1) is 11.2. The highest BCUT2D eigenvalue weighted by Gasteiger charge is 2.38. The predicted octanol–water partition coefficient (Wildman–Crippen LogP) is 2.03. The van der Waals surface area contributed by atoms with Gasteiger partial charge in [0, 0.05) is 19.1 Å². The molecule has 2 N–H and O–H groups in total. The fraction of sp³-hybridized carbons (Fsp3) is 0.611. The molecule has 1 unspecified atom stereocenters. The summed E-state index contributed by atoms with van der Waals surface area (Å²) in [5.74, 6) is 1.58. The van der Waals surface area contributed by atoms with E-state index in [4.69, 9.17) is 0 Å². The molecular formula is C18H26N2O2S. The zero-order valence-electron chi connectivity index (χ0n) is 13.5. The molecule has 0 bridgehead atoms. The molecule has 0 saturated carbocycles. The van der Waals surface area contributed by atoms with Crippen molar-refractivity contribution in [2.24, 2.45) is 0 Å². The predicted molar refractivity (Wildman–Crippen MR) is 94.4 cm³/mol. The van der Waals surface area contributed by atoms with Crippen LogP contribution in [0.2, 0.25) is 0 Å². The lowest BCUT2D eigenvalue weighted by molar-refractivity contribution is -0.141. The maximum absolute atomic E-state index is 12.5. The number of thioether (sulfide) groups is 1. The van der Waals surface area contributed by atoms with E-state index in [1.165, 1.54) is 5.56 Å². The van der Waals surface area contributed by atoms with Gasteiger partial charge in [0.1, 0.15) is 5.60 Å². The zero-order valence-corrected chi connectivity index (χ0v) is 14.4. The largest absolute Gasteiger partial charge is 0.380 e. The lowest BCUT2D eigenvalue weighted by Crippen LogP contribution is -2.55. The van der Waals surface area contributed by atoms with Crippen molar-refractivity contribution in [2.45, 2.75) is 43.9 Å². The Kier molecular flexibility index (Phi) is 5.62. The van der Waals surface area contributed by atoms with Gasteiger partial charge in [0.05, 0.1) is 0 Å². The molecule has 0 aliphatic carbocycles. The summed E-state index contributed by atoms with van der Waals surface area (Å²) >= 11 is 1.81. The smallest absolute Gasteiger partial charge is 0.252 e. The number of rotatable bonds is 4. The van der Waals surface area contributed by atoms with Crippen LogP contribution in [0.4, 0.5) is 0 Å². The summed E-state index contributed by atoms with van der Waals surface area (Å²) in [5, 5.41) is 13.6. The standard InChI is InChI=1S/C18H26N2O2S/c21-17(18(22)8-11-23-12-9-18)19-16-7-4-10-20(14-16)13-15-5-2-1-3-6-15/h1-3,5-6,16,22H,4,7-14H2,(H,19,21). The third kappa shape index (κ3) is 4.49. The molecule has 2 aliphatic heterocycles. The molecule has 23 heavy (non-hydrogen) atoms. The van der Waals surface area contributed by atoms with E-state index in [0.29, 0.717) is 12.8 Å². The van der Waals surface area contributed by atoms with Gasteiger partial charge in [-0.05, 0) is 49.3 Å². The van der Waals surface area contributed by atoms with E-state index in [-0.39, 0.29) is 11.9 Å². The zero-order chi connectivity index (χ0) is 16.1. The van der Waals surface area contributed by atoms with Crippen molar-refractivity contribution in [3.8, 4) is 0 Å². The van der Waals surface area contributed by atoms with Crippen LogP contribution in [-0.4, -0.2) is 52.2 Å². The molecule has 1 aromatic rings. The van der Waals surface area contributed by atoms with E-state index in [1.54, 1.807) is 0 Å². The SMILES string of the molecule is O=C(NC1CCCN(Cc2ccccc2)C1)C1(O)CCSCC1. The number of carbonyl (C=O) groups is 1. The molecular weight excluding hydrogens is 308 g/mol. The third-order valence-electron chi connectivity index (χ3n) is 4.83. The molecule has 1 atom stereocenters. The number of hydrogen-bond donors (Lipinski definition) is 2. The van der Waals surface area contributed by atoms with Crippen LogP contribution in [0.1, 0.15) is 31.2 Å². The Morgan fingerprint density at radius 3 is 2.78 bits per heavy atom. The second-order valence-corrected chi connectivity index (χ2v) is 7.90. The first kappa shape index (κ1) is 16.8. The second-order valence-electron chi connectivity index (χ2n) is 6.68. The first-order valence-corrected chi connectivity index (χ1v) is 9.68. The number of benzene rings is 1. The summed E-state index contributed by atoms with van der Waals surface area (Å²) in [6.07, 6.45) is 3.24. The number of aliphatic hydroxyl groups is 1. The van der Waals surface area contributed by atoms with Crippen LogP contribution in [0.25, 0.3) is 0 Å². The van der Waals surface area contributed by atoms with Gasteiger partial charge in [0.25, 0.3) is 5.91 Å². The molecule has 126 valence electrons. The number of nitrogens with one attached hydrogen (secondary N) is 1. The van der Waals surface area contributed by atoms with Crippen LogP contribution in [0.15, 0.2) is 30.3 Å². The van der Waals surface area contributed by atoms with Crippen LogP contribution in [-0.2, 0) is 11.3 Å². The number of piperidine rings is 1. The van der Waals surface area contributed by atoms with Gasteiger partial charge in [-0.1, -0.05) is 30.3 Å². The molecule has 2 saturated heterocycles. The minimum Gasteiger partial charge on any atom is -0.380 e. The van der Waals surface area contributed by atoms with Crippen molar-refractivity contribution < 1.29 is 9.90 Å². The number of carbonyl (C=O) groups excluding carboxylic acids is 1. The summed E-state index contributed by atoms with van der Waals surface area (Å²) in [7, 11) is 0. The molecule has 0 radical (unpaired) electrons. The van der Waals surface area contributed by atoms with Crippen molar-refractivity contribution in [1.29, 1.82) is 0 Å². The maximum Gasteiger partial charge on any atom is 0.252 e. The third-order valence-corrected chi connectivity index (χ3v) is 5.82. The van der Waals surface area contributed by atoms with Crippen molar-refractivity contribution >= 4 is 17.7 Å². The van der Waals surface area contributed by atoms with Crippen molar-refractivity contribution in [1.82, 2.24) is 10.2 Å². The lowest BCUT2D eigenvalue weighted by Gasteiger charge is -2.36. The lowest BCUT2D eigenvalue weighted by atomic mass is 9.94. The Hall–Kier alpha value is -1.04. The van der Waals surface area contributed by atoms with Gasteiger partial charge in [-0.25, -0.2) is 0 Å². The van der Waals surface area contributed by atoms with E-state index in [9.17, 15) is 9.90 Å². The van der Waals surface area contributed by atoms with E-state index in [2.05, 4.69) is 34.5 Å². The Morgan fingerprint density at radius 2 is 2.04 bits per heavy atom. The van der Waals surface area contributed by atoms with Crippen molar-refractivity contribution in [3.63, 3.8) is 0 Å².